The third-order valence-electron chi connectivity index (χ3n) is 1.79. The molecule has 1 heterocycles. The van der Waals surface area contributed by atoms with Gasteiger partial charge in [-0.15, -0.1) is 0 Å². The van der Waals surface area contributed by atoms with Gasteiger partial charge in [0, 0.05) is 6.20 Å². The number of carboxylic acid groups (broad SMARTS) is 1. The van der Waals surface area contributed by atoms with E-state index in [-0.39, 0.29) is 16.3 Å². The van der Waals surface area contributed by atoms with Gasteiger partial charge in [0.25, 0.3) is 6.43 Å². The third kappa shape index (κ3) is 1.82. The van der Waals surface area contributed by atoms with Crippen molar-refractivity contribution in [1.82, 2.24) is 4.98 Å². The van der Waals surface area contributed by atoms with Crippen molar-refractivity contribution in [2.75, 3.05) is 0 Å². The second kappa shape index (κ2) is 3.88. The molecule has 0 aliphatic carbocycles. The quantitative estimate of drug-likeness (QED) is 0.781. The van der Waals surface area contributed by atoms with Crippen LogP contribution < -0.4 is 0 Å². The predicted molar refractivity (Wildman–Crippen MR) is 45.9 cm³/mol. The summed E-state index contributed by atoms with van der Waals surface area (Å²) >= 11 is 5.42. The number of hydrogen-bond donors (Lipinski definition) is 1. The fourth-order valence-corrected chi connectivity index (χ4v) is 1.33. The summed E-state index contributed by atoms with van der Waals surface area (Å²) in [7, 11) is 0. The summed E-state index contributed by atoms with van der Waals surface area (Å²) in [6, 6.07) is 0. The normalized spacial score (nSPS) is 10.6. The van der Waals surface area contributed by atoms with Gasteiger partial charge < -0.3 is 5.11 Å². The molecule has 76 valence electrons. The summed E-state index contributed by atoms with van der Waals surface area (Å²) in [4.78, 5) is 14.0. The first kappa shape index (κ1) is 10.8. The van der Waals surface area contributed by atoms with Crippen LogP contribution in [0.3, 0.4) is 0 Å². The molecule has 0 aliphatic rings. The Morgan fingerprint density at radius 3 is 2.64 bits per heavy atom. The van der Waals surface area contributed by atoms with Crippen molar-refractivity contribution in [2.45, 2.75) is 13.3 Å². The molecule has 6 heteroatoms. The van der Waals surface area contributed by atoms with E-state index in [1.54, 1.807) is 0 Å². The van der Waals surface area contributed by atoms with Crippen molar-refractivity contribution < 1.29 is 18.7 Å². The first-order valence-electron chi connectivity index (χ1n) is 3.61. The van der Waals surface area contributed by atoms with Gasteiger partial charge in [0.05, 0.1) is 11.1 Å². The Morgan fingerprint density at radius 1 is 1.64 bits per heavy atom. The van der Waals surface area contributed by atoms with Crippen LogP contribution in [0.25, 0.3) is 0 Å². The highest BCUT2D eigenvalue weighted by molar-refractivity contribution is 6.30. The van der Waals surface area contributed by atoms with Crippen LogP contribution in [0.1, 0.15) is 27.9 Å². The number of carboxylic acids is 1. The van der Waals surface area contributed by atoms with Crippen molar-refractivity contribution in [1.29, 1.82) is 0 Å². The van der Waals surface area contributed by atoms with E-state index in [0.717, 1.165) is 6.20 Å². The predicted octanol–water partition coefficient (Wildman–Crippen LogP) is 2.68. The summed E-state index contributed by atoms with van der Waals surface area (Å²) in [6.07, 6.45) is -1.86. The minimum absolute atomic E-state index is 0.0486. The molecule has 1 aromatic rings. The minimum atomic E-state index is -2.82. The summed E-state index contributed by atoms with van der Waals surface area (Å²) in [5.74, 6) is -1.30. The average Bonchev–Trinajstić information content (AvgIpc) is 2.02. The molecule has 0 bridgehead atoms. The molecule has 0 saturated carbocycles. The Kier molecular flexibility index (Phi) is 3.00. The van der Waals surface area contributed by atoms with Gasteiger partial charge in [0.15, 0.2) is 0 Å². The van der Waals surface area contributed by atoms with Gasteiger partial charge in [-0.2, -0.15) is 0 Å². The van der Waals surface area contributed by atoms with Crippen molar-refractivity contribution >= 4 is 17.6 Å². The van der Waals surface area contributed by atoms with Crippen molar-refractivity contribution in [3.8, 4) is 0 Å². The van der Waals surface area contributed by atoms with E-state index in [9.17, 15) is 13.6 Å². The molecule has 1 aromatic heterocycles. The Balaban J connectivity index is 3.41. The van der Waals surface area contributed by atoms with E-state index in [1.165, 1.54) is 6.92 Å². The monoisotopic (exact) mass is 221 g/mol. The maximum atomic E-state index is 12.4. The number of aromatic nitrogens is 1. The molecule has 0 amide bonds. The zero-order valence-electron chi connectivity index (χ0n) is 7.09. The lowest BCUT2D eigenvalue weighted by atomic mass is 10.1. The number of hydrogen-bond acceptors (Lipinski definition) is 2. The van der Waals surface area contributed by atoms with E-state index in [4.69, 9.17) is 16.7 Å². The lowest BCUT2D eigenvalue weighted by Crippen LogP contribution is -2.05. The van der Waals surface area contributed by atoms with Gasteiger partial charge in [-0.25, -0.2) is 18.6 Å². The topological polar surface area (TPSA) is 50.2 Å². The molecule has 3 nitrogen and oxygen atoms in total. The molecule has 0 atom stereocenters. The molecule has 1 rings (SSSR count). The largest absolute Gasteiger partial charge is 0.478 e. The van der Waals surface area contributed by atoms with Crippen molar-refractivity contribution in [3.63, 3.8) is 0 Å². The molecular formula is C8H6ClF2NO2. The van der Waals surface area contributed by atoms with Crippen molar-refractivity contribution in [2.24, 2.45) is 0 Å². The van der Waals surface area contributed by atoms with Crippen LogP contribution in [-0.4, -0.2) is 16.1 Å². The number of carbonyl (C=O) groups is 1. The Labute approximate surface area is 83.3 Å². The Morgan fingerprint density at radius 2 is 2.21 bits per heavy atom. The molecule has 0 aliphatic heterocycles. The number of rotatable bonds is 2. The van der Waals surface area contributed by atoms with Crippen LogP contribution in [0.15, 0.2) is 6.20 Å². The van der Waals surface area contributed by atoms with Gasteiger partial charge in [-0.05, 0) is 12.5 Å². The SMILES string of the molecule is Cc1c(C(=O)O)cnc(Cl)c1C(F)F. The molecule has 0 radical (unpaired) electrons. The van der Waals surface area contributed by atoms with E-state index < -0.39 is 18.0 Å². The third-order valence-corrected chi connectivity index (χ3v) is 2.09. The first-order chi connectivity index (χ1) is 6.45. The lowest BCUT2D eigenvalue weighted by molar-refractivity contribution is 0.0695. The van der Waals surface area contributed by atoms with Crippen LogP contribution in [0.2, 0.25) is 5.15 Å². The number of aromatic carboxylic acids is 1. The van der Waals surface area contributed by atoms with Crippen LogP contribution >= 0.6 is 11.6 Å². The molecule has 0 fully saturated rings. The fraction of sp³-hybridized carbons (Fsp3) is 0.250. The first-order valence-corrected chi connectivity index (χ1v) is 3.99. The number of pyridine rings is 1. The number of nitrogens with zero attached hydrogens (tertiary/aromatic N) is 1. The summed E-state index contributed by atoms with van der Waals surface area (Å²) in [5, 5.41) is 8.28. The molecule has 0 unspecified atom stereocenters. The van der Waals surface area contributed by atoms with Gasteiger partial charge in [0.1, 0.15) is 5.15 Å². The molecule has 0 saturated heterocycles. The molecule has 0 spiro atoms. The average molecular weight is 222 g/mol. The number of halogens is 3. The second-order valence-corrected chi connectivity index (χ2v) is 2.97. The number of alkyl halides is 2. The zero-order chi connectivity index (χ0) is 10.9. The van der Waals surface area contributed by atoms with Crippen molar-refractivity contribution in [3.05, 3.63) is 28.0 Å². The van der Waals surface area contributed by atoms with E-state index in [1.807, 2.05) is 0 Å². The van der Waals surface area contributed by atoms with E-state index in [0.29, 0.717) is 0 Å². The van der Waals surface area contributed by atoms with Gasteiger partial charge in [0.2, 0.25) is 0 Å². The molecule has 14 heavy (non-hydrogen) atoms. The fourth-order valence-electron chi connectivity index (χ4n) is 1.06. The second-order valence-electron chi connectivity index (χ2n) is 2.61. The lowest BCUT2D eigenvalue weighted by Gasteiger charge is -2.08. The highest BCUT2D eigenvalue weighted by atomic mass is 35.5. The minimum Gasteiger partial charge on any atom is -0.478 e. The zero-order valence-corrected chi connectivity index (χ0v) is 7.85. The summed E-state index contributed by atoms with van der Waals surface area (Å²) in [5.41, 5.74) is -0.830. The standard InChI is InChI=1S/C8H6ClF2NO2/c1-3-4(8(13)14)2-12-6(9)5(3)7(10)11/h2,7H,1H3,(H,13,14). The van der Waals surface area contributed by atoms with Crippen LogP contribution in [0.4, 0.5) is 8.78 Å². The Hall–Kier alpha value is -1.23. The van der Waals surface area contributed by atoms with E-state index >= 15 is 0 Å². The molecule has 1 N–H and O–H groups in total. The van der Waals surface area contributed by atoms with Crippen LogP contribution in [-0.2, 0) is 0 Å². The Bertz CT molecular complexity index is 382. The highest BCUT2D eigenvalue weighted by Crippen LogP contribution is 2.29. The van der Waals surface area contributed by atoms with Gasteiger partial charge >= 0.3 is 5.97 Å². The van der Waals surface area contributed by atoms with Crippen LogP contribution in [0.5, 0.6) is 0 Å². The molecule has 0 aromatic carbocycles. The molecular weight excluding hydrogens is 216 g/mol. The highest BCUT2D eigenvalue weighted by Gasteiger charge is 2.21. The van der Waals surface area contributed by atoms with Gasteiger partial charge in [-0.1, -0.05) is 11.6 Å². The maximum Gasteiger partial charge on any atom is 0.337 e. The van der Waals surface area contributed by atoms with Crippen LogP contribution in [0, 0.1) is 6.92 Å². The maximum absolute atomic E-state index is 12.4. The van der Waals surface area contributed by atoms with E-state index in [2.05, 4.69) is 4.98 Å². The van der Waals surface area contributed by atoms with Gasteiger partial charge in [-0.3, -0.25) is 0 Å². The summed E-state index contributed by atoms with van der Waals surface area (Å²) in [6.45, 7) is 1.28. The smallest absolute Gasteiger partial charge is 0.337 e. The summed E-state index contributed by atoms with van der Waals surface area (Å²) < 4.78 is 24.8.